The standard InChI is InChI=1S/C24H34N4O3.HI/c1-29-20-8-6-7-19(16-20)21(28-13-4-5-14-28)17-27-24(25)26-12-11-18-9-10-22(30-2)23(15-18)31-3;/h6-10,15-16,21H,4-5,11-14,17H2,1-3H3,(H3,25,26,27);1H. The first-order valence-corrected chi connectivity index (χ1v) is 10.8. The van der Waals surface area contributed by atoms with Crippen LogP contribution in [-0.4, -0.2) is 58.4 Å². The number of nitrogens with one attached hydrogen (secondary N) is 1. The Hall–Kier alpha value is -2.20. The molecule has 32 heavy (non-hydrogen) atoms. The Labute approximate surface area is 208 Å². The van der Waals surface area contributed by atoms with Gasteiger partial charge >= 0.3 is 0 Å². The Bertz CT molecular complexity index is 872. The van der Waals surface area contributed by atoms with Crippen molar-refractivity contribution < 1.29 is 14.2 Å². The Morgan fingerprint density at radius 2 is 1.78 bits per heavy atom. The van der Waals surface area contributed by atoms with E-state index in [0.29, 0.717) is 19.0 Å². The minimum absolute atomic E-state index is 0. The normalized spacial score (nSPS) is 15.0. The van der Waals surface area contributed by atoms with Gasteiger partial charge in [-0.2, -0.15) is 0 Å². The number of ether oxygens (including phenoxy) is 3. The lowest BCUT2D eigenvalue weighted by molar-refractivity contribution is 0.251. The van der Waals surface area contributed by atoms with Gasteiger partial charge in [0.25, 0.3) is 0 Å². The Balaban J connectivity index is 0.00000363. The van der Waals surface area contributed by atoms with Crippen LogP contribution in [0, 0.1) is 0 Å². The molecule has 176 valence electrons. The Morgan fingerprint density at radius 3 is 2.47 bits per heavy atom. The number of hydrogen-bond acceptors (Lipinski definition) is 5. The van der Waals surface area contributed by atoms with Crippen LogP contribution in [0.1, 0.15) is 30.0 Å². The highest BCUT2D eigenvalue weighted by atomic mass is 127. The lowest BCUT2D eigenvalue weighted by Crippen LogP contribution is -2.35. The number of aliphatic imine (C=N–C) groups is 1. The second kappa shape index (κ2) is 13.4. The van der Waals surface area contributed by atoms with E-state index in [-0.39, 0.29) is 30.0 Å². The first kappa shape index (κ1) is 26.1. The third kappa shape index (κ3) is 7.16. The first-order valence-electron chi connectivity index (χ1n) is 10.8. The average molecular weight is 554 g/mol. The van der Waals surface area contributed by atoms with Crippen molar-refractivity contribution in [3.8, 4) is 17.2 Å². The number of methoxy groups -OCH3 is 3. The number of likely N-dealkylation sites (tertiary alicyclic amines) is 1. The average Bonchev–Trinajstić information content (AvgIpc) is 3.34. The van der Waals surface area contributed by atoms with Gasteiger partial charge in [-0.15, -0.1) is 24.0 Å². The zero-order chi connectivity index (χ0) is 22.1. The largest absolute Gasteiger partial charge is 0.497 e. The van der Waals surface area contributed by atoms with Crippen LogP contribution in [0.25, 0.3) is 0 Å². The molecule has 3 N–H and O–H groups in total. The third-order valence-corrected chi connectivity index (χ3v) is 5.66. The van der Waals surface area contributed by atoms with Crippen LogP contribution in [0.3, 0.4) is 0 Å². The summed E-state index contributed by atoms with van der Waals surface area (Å²) < 4.78 is 16.1. The molecule has 1 aliphatic rings. The first-order chi connectivity index (χ1) is 15.1. The van der Waals surface area contributed by atoms with Crippen LogP contribution in [0.5, 0.6) is 17.2 Å². The lowest BCUT2D eigenvalue weighted by Gasteiger charge is -2.27. The minimum atomic E-state index is 0. The summed E-state index contributed by atoms with van der Waals surface area (Å²) in [7, 11) is 4.98. The van der Waals surface area contributed by atoms with Crippen molar-refractivity contribution in [3.05, 3.63) is 53.6 Å². The lowest BCUT2D eigenvalue weighted by atomic mass is 10.1. The van der Waals surface area contributed by atoms with Gasteiger partial charge in [0, 0.05) is 6.54 Å². The highest BCUT2D eigenvalue weighted by Gasteiger charge is 2.23. The maximum absolute atomic E-state index is 6.17. The molecule has 1 heterocycles. The maximum atomic E-state index is 6.17. The molecule has 0 aromatic heterocycles. The Kier molecular flexibility index (Phi) is 10.9. The summed E-state index contributed by atoms with van der Waals surface area (Å²) >= 11 is 0. The number of guanidine groups is 1. The number of nitrogens with zero attached hydrogens (tertiary/aromatic N) is 2. The maximum Gasteiger partial charge on any atom is 0.188 e. The van der Waals surface area contributed by atoms with Gasteiger partial charge in [-0.1, -0.05) is 18.2 Å². The van der Waals surface area contributed by atoms with E-state index in [2.05, 4.69) is 27.3 Å². The second-order valence-corrected chi connectivity index (χ2v) is 7.63. The summed E-state index contributed by atoms with van der Waals surface area (Å²) in [6.07, 6.45) is 3.26. The van der Waals surface area contributed by atoms with E-state index in [1.807, 2.05) is 30.3 Å². The predicted octanol–water partition coefficient (Wildman–Crippen LogP) is 3.61. The van der Waals surface area contributed by atoms with Gasteiger partial charge < -0.3 is 25.3 Å². The van der Waals surface area contributed by atoms with Crippen LogP contribution in [0.4, 0.5) is 0 Å². The summed E-state index contributed by atoms with van der Waals surface area (Å²) in [6.45, 7) is 3.48. The fourth-order valence-electron chi connectivity index (χ4n) is 3.95. The summed E-state index contributed by atoms with van der Waals surface area (Å²) in [5, 5.41) is 3.23. The monoisotopic (exact) mass is 554 g/mol. The van der Waals surface area contributed by atoms with E-state index >= 15 is 0 Å². The summed E-state index contributed by atoms with van der Waals surface area (Å²) in [4.78, 5) is 7.13. The highest BCUT2D eigenvalue weighted by Crippen LogP contribution is 2.28. The smallest absolute Gasteiger partial charge is 0.188 e. The molecule has 8 heteroatoms. The molecule has 0 radical (unpaired) electrons. The molecule has 0 aliphatic carbocycles. The van der Waals surface area contributed by atoms with Gasteiger partial charge in [0.1, 0.15) is 5.75 Å². The number of rotatable bonds is 10. The quantitative estimate of drug-likeness (QED) is 0.266. The van der Waals surface area contributed by atoms with Crippen LogP contribution >= 0.6 is 24.0 Å². The molecular formula is C24H35IN4O3. The molecule has 1 saturated heterocycles. The fraction of sp³-hybridized carbons (Fsp3) is 0.458. The van der Waals surface area contributed by atoms with Crippen molar-refractivity contribution in [1.29, 1.82) is 0 Å². The van der Waals surface area contributed by atoms with E-state index in [1.54, 1.807) is 21.3 Å². The van der Waals surface area contributed by atoms with E-state index in [4.69, 9.17) is 19.9 Å². The van der Waals surface area contributed by atoms with E-state index in [9.17, 15) is 0 Å². The van der Waals surface area contributed by atoms with Gasteiger partial charge in [0.2, 0.25) is 0 Å². The highest BCUT2D eigenvalue weighted by molar-refractivity contribution is 14.0. The molecule has 0 saturated carbocycles. The van der Waals surface area contributed by atoms with Gasteiger partial charge in [0.15, 0.2) is 17.5 Å². The number of benzene rings is 2. The van der Waals surface area contributed by atoms with Crippen molar-refractivity contribution in [1.82, 2.24) is 10.2 Å². The number of hydrogen-bond donors (Lipinski definition) is 2. The zero-order valence-corrected chi connectivity index (χ0v) is 21.5. The fourth-order valence-corrected chi connectivity index (χ4v) is 3.95. The van der Waals surface area contributed by atoms with Gasteiger partial charge in [0.05, 0.1) is 33.9 Å². The van der Waals surface area contributed by atoms with Crippen LogP contribution in [0.15, 0.2) is 47.5 Å². The molecule has 1 unspecified atom stereocenters. The van der Waals surface area contributed by atoms with Gasteiger partial charge in [-0.25, -0.2) is 0 Å². The van der Waals surface area contributed by atoms with Crippen molar-refractivity contribution in [3.63, 3.8) is 0 Å². The van der Waals surface area contributed by atoms with Gasteiger partial charge in [-0.05, 0) is 67.7 Å². The molecule has 0 spiro atoms. The molecule has 1 aliphatic heterocycles. The second-order valence-electron chi connectivity index (χ2n) is 7.63. The number of nitrogens with two attached hydrogens (primary N) is 1. The van der Waals surface area contributed by atoms with Crippen molar-refractivity contribution >= 4 is 29.9 Å². The molecule has 7 nitrogen and oxygen atoms in total. The molecule has 1 atom stereocenters. The van der Waals surface area contributed by atoms with Crippen molar-refractivity contribution in [2.24, 2.45) is 10.7 Å². The van der Waals surface area contributed by atoms with E-state index in [1.165, 1.54) is 18.4 Å². The molecule has 1 fully saturated rings. The number of halogens is 1. The zero-order valence-electron chi connectivity index (χ0n) is 19.2. The van der Waals surface area contributed by atoms with Crippen molar-refractivity contribution in [2.45, 2.75) is 25.3 Å². The molecule has 3 rings (SSSR count). The van der Waals surface area contributed by atoms with Gasteiger partial charge in [-0.3, -0.25) is 9.89 Å². The topological polar surface area (TPSA) is 81.3 Å². The third-order valence-electron chi connectivity index (χ3n) is 5.66. The predicted molar refractivity (Wildman–Crippen MR) is 140 cm³/mol. The summed E-state index contributed by atoms with van der Waals surface area (Å²) in [6, 6.07) is 14.4. The molecule has 0 bridgehead atoms. The van der Waals surface area contributed by atoms with Crippen LogP contribution in [0.2, 0.25) is 0 Å². The SMILES string of the molecule is COc1cccc(C(CN=C(N)NCCc2ccc(OC)c(OC)c2)N2CCCC2)c1.I. The molecular weight excluding hydrogens is 519 g/mol. The molecule has 0 amide bonds. The molecule has 2 aromatic rings. The minimum Gasteiger partial charge on any atom is -0.497 e. The molecule has 2 aromatic carbocycles. The van der Waals surface area contributed by atoms with Crippen LogP contribution < -0.4 is 25.3 Å². The van der Waals surface area contributed by atoms with Crippen LogP contribution in [-0.2, 0) is 6.42 Å². The van der Waals surface area contributed by atoms with E-state index < -0.39 is 0 Å². The Morgan fingerprint density at radius 1 is 1.03 bits per heavy atom. The van der Waals surface area contributed by atoms with E-state index in [0.717, 1.165) is 42.3 Å². The summed E-state index contributed by atoms with van der Waals surface area (Å²) in [5.41, 5.74) is 8.53. The summed E-state index contributed by atoms with van der Waals surface area (Å²) in [5.74, 6) is 2.79. The van der Waals surface area contributed by atoms with Crippen molar-refractivity contribution in [2.75, 3.05) is 47.5 Å².